The Morgan fingerprint density at radius 2 is 1.85 bits per heavy atom. The molecule has 20 heavy (non-hydrogen) atoms. The van der Waals surface area contributed by atoms with Crippen molar-refractivity contribution in [3.63, 3.8) is 0 Å². The van der Waals surface area contributed by atoms with Crippen molar-refractivity contribution in [2.75, 3.05) is 0 Å². The Morgan fingerprint density at radius 1 is 1.00 bits per heavy atom. The van der Waals surface area contributed by atoms with Crippen LogP contribution in [0.15, 0.2) is 48.5 Å². The Labute approximate surface area is 122 Å². The largest absolute Gasteiger partial charge is 0.383 e. The standard InChI is InChI=1S/C18H16OS/c19-18(17-11-13-7-4-10-16(13)20-17)15-9-3-6-12-5-1-2-8-14(12)15/h1-3,5-6,8-9,11,18-19H,4,7,10H2. The van der Waals surface area contributed by atoms with Crippen molar-refractivity contribution in [2.24, 2.45) is 0 Å². The number of hydrogen-bond acceptors (Lipinski definition) is 2. The lowest BCUT2D eigenvalue weighted by molar-refractivity contribution is 0.225. The normalized spacial score (nSPS) is 15.4. The van der Waals surface area contributed by atoms with Crippen LogP contribution in [-0.4, -0.2) is 5.11 Å². The maximum Gasteiger partial charge on any atom is 0.114 e. The molecule has 0 aliphatic heterocycles. The second-order valence-corrected chi connectivity index (χ2v) is 6.59. The second-order valence-electron chi connectivity index (χ2n) is 5.42. The highest BCUT2D eigenvalue weighted by atomic mass is 32.1. The first-order valence-corrected chi connectivity index (χ1v) is 7.92. The minimum absolute atomic E-state index is 0.503. The number of hydrogen-bond donors (Lipinski definition) is 1. The smallest absolute Gasteiger partial charge is 0.114 e. The van der Waals surface area contributed by atoms with Gasteiger partial charge in [0.05, 0.1) is 0 Å². The summed E-state index contributed by atoms with van der Waals surface area (Å²) in [7, 11) is 0. The lowest BCUT2D eigenvalue weighted by Crippen LogP contribution is -1.98. The van der Waals surface area contributed by atoms with Gasteiger partial charge in [0.1, 0.15) is 6.10 Å². The SMILES string of the molecule is OC(c1cc2c(s1)CCC2)c1cccc2ccccc12. The Kier molecular flexibility index (Phi) is 2.86. The Hall–Kier alpha value is -1.64. The van der Waals surface area contributed by atoms with E-state index in [4.69, 9.17) is 0 Å². The van der Waals surface area contributed by atoms with Crippen molar-refractivity contribution in [3.05, 3.63) is 69.4 Å². The Bertz CT molecular complexity index is 745. The zero-order valence-electron chi connectivity index (χ0n) is 11.2. The van der Waals surface area contributed by atoms with Gasteiger partial charge in [-0.05, 0) is 47.2 Å². The van der Waals surface area contributed by atoms with Gasteiger partial charge in [-0.25, -0.2) is 0 Å². The highest BCUT2D eigenvalue weighted by Gasteiger charge is 2.20. The molecule has 2 aromatic carbocycles. The third kappa shape index (κ3) is 1.88. The molecule has 4 rings (SSSR count). The van der Waals surface area contributed by atoms with Gasteiger partial charge in [0.15, 0.2) is 0 Å². The van der Waals surface area contributed by atoms with Crippen LogP contribution in [-0.2, 0) is 12.8 Å². The monoisotopic (exact) mass is 280 g/mol. The number of fused-ring (bicyclic) bond motifs is 2. The predicted octanol–water partition coefficient (Wildman–Crippen LogP) is 4.47. The molecule has 1 aromatic heterocycles. The highest BCUT2D eigenvalue weighted by Crippen LogP contribution is 2.37. The summed E-state index contributed by atoms with van der Waals surface area (Å²) < 4.78 is 0. The van der Waals surface area contributed by atoms with Gasteiger partial charge in [-0.2, -0.15) is 0 Å². The van der Waals surface area contributed by atoms with E-state index in [0.29, 0.717) is 0 Å². The fourth-order valence-electron chi connectivity index (χ4n) is 3.13. The zero-order chi connectivity index (χ0) is 13.5. The quantitative estimate of drug-likeness (QED) is 0.734. The first kappa shape index (κ1) is 12.1. The lowest BCUT2D eigenvalue weighted by atomic mass is 9.99. The molecular formula is C18H16OS. The van der Waals surface area contributed by atoms with E-state index < -0.39 is 6.10 Å². The summed E-state index contributed by atoms with van der Waals surface area (Å²) in [5.41, 5.74) is 2.47. The van der Waals surface area contributed by atoms with Crippen molar-refractivity contribution in [1.29, 1.82) is 0 Å². The average Bonchev–Trinajstić information content (AvgIpc) is 3.07. The van der Waals surface area contributed by atoms with Gasteiger partial charge in [0, 0.05) is 9.75 Å². The van der Waals surface area contributed by atoms with Crippen LogP contribution in [0.2, 0.25) is 0 Å². The molecule has 3 aromatic rings. The van der Waals surface area contributed by atoms with Gasteiger partial charge < -0.3 is 5.11 Å². The van der Waals surface area contributed by atoms with E-state index in [-0.39, 0.29) is 0 Å². The molecule has 1 N–H and O–H groups in total. The predicted molar refractivity (Wildman–Crippen MR) is 84.4 cm³/mol. The van der Waals surface area contributed by atoms with Crippen LogP contribution >= 0.6 is 11.3 Å². The Balaban J connectivity index is 1.81. The summed E-state index contributed by atoms with van der Waals surface area (Å²) in [5.74, 6) is 0. The molecule has 1 aliphatic carbocycles. The molecule has 100 valence electrons. The van der Waals surface area contributed by atoms with E-state index in [9.17, 15) is 5.11 Å². The third-order valence-electron chi connectivity index (χ3n) is 4.15. The Morgan fingerprint density at radius 3 is 2.75 bits per heavy atom. The topological polar surface area (TPSA) is 20.2 Å². The summed E-state index contributed by atoms with van der Waals surface area (Å²) in [6, 6.07) is 16.6. The van der Waals surface area contributed by atoms with Crippen LogP contribution in [0.4, 0.5) is 0 Å². The van der Waals surface area contributed by atoms with Crippen molar-refractivity contribution >= 4 is 22.1 Å². The number of aryl methyl sites for hydroxylation is 2. The van der Waals surface area contributed by atoms with E-state index in [0.717, 1.165) is 15.8 Å². The molecule has 1 atom stereocenters. The molecule has 0 radical (unpaired) electrons. The number of aliphatic hydroxyl groups is 1. The van der Waals surface area contributed by atoms with Gasteiger partial charge >= 0.3 is 0 Å². The molecule has 0 bridgehead atoms. The minimum atomic E-state index is -0.503. The molecule has 0 saturated heterocycles. The van der Waals surface area contributed by atoms with E-state index in [2.05, 4.69) is 24.3 Å². The van der Waals surface area contributed by atoms with Crippen molar-refractivity contribution in [3.8, 4) is 0 Å². The van der Waals surface area contributed by atoms with Gasteiger partial charge in [0.2, 0.25) is 0 Å². The summed E-state index contributed by atoms with van der Waals surface area (Å²) in [5, 5.41) is 13.1. The first-order chi connectivity index (χ1) is 9.83. The molecule has 1 nitrogen and oxygen atoms in total. The van der Waals surface area contributed by atoms with Crippen LogP contribution in [0.3, 0.4) is 0 Å². The van der Waals surface area contributed by atoms with E-state index in [1.807, 2.05) is 24.3 Å². The number of benzene rings is 2. The highest BCUT2D eigenvalue weighted by molar-refractivity contribution is 7.12. The summed E-state index contributed by atoms with van der Waals surface area (Å²) >= 11 is 1.78. The van der Waals surface area contributed by atoms with Crippen LogP contribution in [0, 0.1) is 0 Å². The maximum atomic E-state index is 10.8. The van der Waals surface area contributed by atoms with Gasteiger partial charge in [-0.3, -0.25) is 0 Å². The molecule has 1 unspecified atom stereocenters. The zero-order valence-corrected chi connectivity index (χ0v) is 12.0. The first-order valence-electron chi connectivity index (χ1n) is 7.10. The summed E-state index contributed by atoms with van der Waals surface area (Å²) in [6.07, 6.45) is 3.12. The fourth-order valence-corrected chi connectivity index (χ4v) is 4.39. The van der Waals surface area contributed by atoms with Gasteiger partial charge in [0.25, 0.3) is 0 Å². The van der Waals surface area contributed by atoms with E-state index in [1.54, 1.807) is 11.3 Å². The average molecular weight is 280 g/mol. The van der Waals surface area contributed by atoms with Crippen molar-refractivity contribution in [1.82, 2.24) is 0 Å². The third-order valence-corrected chi connectivity index (χ3v) is 5.44. The lowest BCUT2D eigenvalue weighted by Gasteiger charge is -2.12. The van der Waals surface area contributed by atoms with Crippen molar-refractivity contribution in [2.45, 2.75) is 25.4 Å². The fraction of sp³-hybridized carbons (Fsp3) is 0.222. The number of rotatable bonds is 2. The molecule has 0 fully saturated rings. The van der Waals surface area contributed by atoms with Crippen LogP contribution in [0.1, 0.15) is 33.4 Å². The molecule has 1 heterocycles. The maximum absolute atomic E-state index is 10.8. The van der Waals surface area contributed by atoms with Crippen LogP contribution in [0.5, 0.6) is 0 Å². The molecule has 1 aliphatic rings. The van der Waals surface area contributed by atoms with Gasteiger partial charge in [-0.15, -0.1) is 11.3 Å². The summed E-state index contributed by atoms with van der Waals surface area (Å²) in [6.45, 7) is 0. The van der Waals surface area contributed by atoms with Crippen LogP contribution < -0.4 is 0 Å². The molecule has 2 heteroatoms. The summed E-state index contributed by atoms with van der Waals surface area (Å²) in [4.78, 5) is 2.56. The molecule has 0 saturated carbocycles. The van der Waals surface area contributed by atoms with E-state index in [1.165, 1.54) is 35.1 Å². The minimum Gasteiger partial charge on any atom is -0.383 e. The molecular weight excluding hydrogens is 264 g/mol. The number of aliphatic hydroxyl groups excluding tert-OH is 1. The van der Waals surface area contributed by atoms with Crippen LogP contribution in [0.25, 0.3) is 10.8 Å². The second kappa shape index (κ2) is 4.72. The van der Waals surface area contributed by atoms with Gasteiger partial charge in [-0.1, -0.05) is 42.5 Å². The molecule has 0 amide bonds. The molecule has 0 spiro atoms. The van der Waals surface area contributed by atoms with E-state index >= 15 is 0 Å². The van der Waals surface area contributed by atoms with Crippen molar-refractivity contribution < 1.29 is 5.11 Å². The number of thiophene rings is 1.